The number of rotatable bonds is 8. The number of aromatic nitrogens is 4. The average Bonchev–Trinajstić information content (AvgIpc) is 3.31. The van der Waals surface area contributed by atoms with Crippen LogP contribution in [0.5, 0.6) is 0 Å². The summed E-state index contributed by atoms with van der Waals surface area (Å²) in [5.41, 5.74) is 4.13. The van der Waals surface area contributed by atoms with Gasteiger partial charge >= 0.3 is 5.97 Å². The Kier molecular flexibility index (Phi) is 8.86. The van der Waals surface area contributed by atoms with Gasteiger partial charge in [0.05, 0.1) is 32.9 Å². The number of thioether (sulfide) groups is 1. The molecular formula is C27H24Cl3N5O3S. The van der Waals surface area contributed by atoms with Crippen LogP contribution in [-0.2, 0) is 21.4 Å². The molecule has 0 unspecified atom stereocenters. The maximum atomic E-state index is 12.7. The second kappa shape index (κ2) is 12.0. The first-order chi connectivity index (χ1) is 18.4. The number of carbonyl (C=O) groups excluding carboxylic acids is 1. The summed E-state index contributed by atoms with van der Waals surface area (Å²) in [6.07, 6.45) is -0.0417. The molecule has 0 fully saturated rings. The molecule has 0 aliphatic heterocycles. The lowest BCUT2D eigenvalue weighted by Gasteiger charge is -2.21. The summed E-state index contributed by atoms with van der Waals surface area (Å²) in [5, 5.41) is 25.0. The number of tetrazole rings is 1. The molecule has 3 aromatic carbocycles. The minimum Gasteiger partial charge on any atom is -0.481 e. The largest absolute Gasteiger partial charge is 0.481 e. The molecule has 0 radical (unpaired) electrons. The molecule has 8 nitrogen and oxygen atoms in total. The number of aliphatic carboxylic acids is 1. The number of carboxylic acids is 1. The number of anilines is 1. The van der Waals surface area contributed by atoms with Gasteiger partial charge in [-0.3, -0.25) is 9.59 Å². The van der Waals surface area contributed by atoms with E-state index in [0.717, 1.165) is 28.5 Å². The molecule has 1 amide bonds. The van der Waals surface area contributed by atoms with Gasteiger partial charge in [0.1, 0.15) is 5.69 Å². The SMILES string of the molecule is CC(C)(C)c1cc(Cl)c(-n2nnnc2SCC(=O)Nc2ccc(-c3ccc(CC(=O)O)cc3)cc2Cl)c(Cl)c1. The van der Waals surface area contributed by atoms with E-state index in [0.29, 0.717) is 37.2 Å². The molecule has 0 saturated carbocycles. The number of amides is 1. The molecule has 202 valence electrons. The van der Waals surface area contributed by atoms with Gasteiger partial charge in [0, 0.05) is 0 Å². The number of nitrogens with one attached hydrogen (secondary N) is 1. The zero-order valence-corrected chi connectivity index (χ0v) is 24.3. The highest BCUT2D eigenvalue weighted by Crippen LogP contribution is 2.36. The van der Waals surface area contributed by atoms with Gasteiger partial charge in [-0.25, -0.2) is 0 Å². The highest BCUT2D eigenvalue weighted by molar-refractivity contribution is 7.99. The van der Waals surface area contributed by atoms with Crippen molar-refractivity contribution >= 4 is 64.1 Å². The number of carbonyl (C=O) groups is 2. The van der Waals surface area contributed by atoms with Crippen LogP contribution in [0.4, 0.5) is 5.69 Å². The topological polar surface area (TPSA) is 110 Å². The third-order valence-electron chi connectivity index (χ3n) is 5.75. The lowest BCUT2D eigenvalue weighted by molar-refractivity contribution is -0.136. The first kappa shape index (κ1) is 28.9. The van der Waals surface area contributed by atoms with Crippen LogP contribution in [0.15, 0.2) is 59.8 Å². The Morgan fingerprint density at radius 1 is 0.949 bits per heavy atom. The summed E-state index contributed by atoms with van der Waals surface area (Å²) in [7, 11) is 0. The van der Waals surface area contributed by atoms with Gasteiger partial charge in [0.2, 0.25) is 11.1 Å². The Hall–Kier alpha value is -3.11. The maximum absolute atomic E-state index is 12.7. The Bertz CT molecular complexity index is 1510. The molecule has 4 aromatic rings. The number of hydrogen-bond donors (Lipinski definition) is 2. The van der Waals surface area contributed by atoms with Gasteiger partial charge in [-0.2, -0.15) is 4.68 Å². The fourth-order valence-electron chi connectivity index (χ4n) is 3.71. The minimum atomic E-state index is -0.886. The fourth-order valence-corrected chi connectivity index (χ4v) is 5.26. The molecule has 1 aromatic heterocycles. The smallest absolute Gasteiger partial charge is 0.307 e. The van der Waals surface area contributed by atoms with E-state index in [1.54, 1.807) is 24.3 Å². The van der Waals surface area contributed by atoms with Crippen LogP contribution in [0.25, 0.3) is 16.8 Å². The lowest BCUT2D eigenvalue weighted by atomic mass is 9.87. The number of halogens is 3. The van der Waals surface area contributed by atoms with Gasteiger partial charge < -0.3 is 10.4 Å². The monoisotopic (exact) mass is 603 g/mol. The highest BCUT2D eigenvalue weighted by atomic mass is 35.5. The van der Waals surface area contributed by atoms with Crippen LogP contribution >= 0.6 is 46.6 Å². The van der Waals surface area contributed by atoms with E-state index in [9.17, 15) is 9.59 Å². The van der Waals surface area contributed by atoms with E-state index >= 15 is 0 Å². The number of carboxylic acid groups (broad SMARTS) is 1. The van der Waals surface area contributed by atoms with Gasteiger partial charge in [-0.05, 0) is 62.4 Å². The van der Waals surface area contributed by atoms with Crippen LogP contribution in [0.2, 0.25) is 15.1 Å². The number of benzene rings is 3. The standard InChI is InChI=1S/C27H24Cl3N5O3S/c1-27(2,3)18-12-20(29)25(21(30)13-18)35-26(32-33-34-35)39-14-23(36)31-22-9-8-17(11-19(22)28)16-6-4-15(5-7-16)10-24(37)38/h4-9,11-13H,10,14H2,1-3H3,(H,31,36)(H,37,38). The summed E-state index contributed by atoms with van der Waals surface area (Å²) in [6, 6.07) is 16.1. The van der Waals surface area contributed by atoms with E-state index < -0.39 is 5.97 Å². The van der Waals surface area contributed by atoms with E-state index in [4.69, 9.17) is 39.9 Å². The van der Waals surface area contributed by atoms with Gasteiger partial charge in [0.25, 0.3) is 0 Å². The summed E-state index contributed by atoms with van der Waals surface area (Å²) >= 11 is 20.7. The molecule has 39 heavy (non-hydrogen) atoms. The van der Waals surface area contributed by atoms with Crippen molar-refractivity contribution in [1.29, 1.82) is 0 Å². The molecular weight excluding hydrogens is 581 g/mol. The predicted molar refractivity (Wildman–Crippen MR) is 155 cm³/mol. The van der Waals surface area contributed by atoms with Crippen molar-refractivity contribution in [1.82, 2.24) is 20.2 Å². The van der Waals surface area contributed by atoms with Crippen LogP contribution in [0.3, 0.4) is 0 Å². The predicted octanol–water partition coefficient (Wildman–Crippen LogP) is 6.94. The van der Waals surface area contributed by atoms with Gasteiger partial charge in [-0.1, -0.05) is 97.7 Å². The van der Waals surface area contributed by atoms with Gasteiger partial charge in [-0.15, -0.1) is 5.10 Å². The molecule has 0 bridgehead atoms. The number of nitrogens with zero attached hydrogens (tertiary/aromatic N) is 4. The van der Waals surface area contributed by atoms with Crippen molar-refractivity contribution in [3.63, 3.8) is 0 Å². The zero-order chi connectivity index (χ0) is 28.3. The Morgan fingerprint density at radius 2 is 1.59 bits per heavy atom. The summed E-state index contributed by atoms with van der Waals surface area (Å²) in [5.74, 6) is -1.18. The van der Waals surface area contributed by atoms with Crippen LogP contribution in [0, 0.1) is 0 Å². The van der Waals surface area contributed by atoms with Crippen molar-refractivity contribution in [2.75, 3.05) is 11.1 Å². The summed E-state index contributed by atoms with van der Waals surface area (Å²) < 4.78 is 1.42. The Morgan fingerprint density at radius 3 is 2.18 bits per heavy atom. The molecule has 0 spiro atoms. The molecule has 0 aliphatic rings. The third kappa shape index (κ3) is 7.10. The Labute approximate surface area is 244 Å². The number of hydrogen-bond acceptors (Lipinski definition) is 6. The highest BCUT2D eigenvalue weighted by Gasteiger charge is 2.22. The third-order valence-corrected chi connectivity index (χ3v) is 7.56. The van der Waals surface area contributed by atoms with Crippen LogP contribution in [-0.4, -0.2) is 42.9 Å². The summed E-state index contributed by atoms with van der Waals surface area (Å²) in [4.78, 5) is 23.6. The molecule has 1 heterocycles. The Balaban J connectivity index is 1.43. The van der Waals surface area contributed by atoms with Crippen molar-refractivity contribution in [2.45, 2.75) is 37.8 Å². The van der Waals surface area contributed by atoms with Gasteiger partial charge in [0.15, 0.2) is 0 Å². The van der Waals surface area contributed by atoms with Crippen molar-refractivity contribution in [2.24, 2.45) is 0 Å². The first-order valence-electron chi connectivity index (χ1n) is 11.7. The van der Waals surface area contributed by atoms with Crippen LogP contribution < -0.4 is 5.32 Å². The molecule has 2 N–H and O–H groups in total. The second-order valence-corrected chi connectivity index (χ2v) is 11.9. The normalized spacial score (nSPS) is 11.4. The minimum absolute atomic E-state index is 0.0127. The van der Waals surface area contributed by atoms with E-state index in [-0.39, 0.29) is 23.5 Å². The van der Waals surface area contributed by atoms with Crippen molar-refractivity contribution in [3.8, 4) is 16.8 Å². The summed E-state index contributed by atoms with van der Waals surface area (Å²) in [6.45, 7) is 6.19. The lowest BCUT2D eigenvalue weighted by Crippen LogP contribution is -2.15. The molecule has 12 heteroatoms. The first-order valence-corrected chi connectivity index (χ1v) is 13.9. The molecule has 0 atom stereocenters. The fraction of sp³-hybridized carbons (Fsp3) is 0.222. The molecule has 0 saturated heterocycles. The zero-order valence-electron chi connectivity index (χ0n) is 21.2. The van der Waals surface area contributed by atoms with E-state index in [1.165, 1.54) is 4.68 Å². The average molecular weight is 605 g/mol. The van der Waals surface area contributed by atoms with Crippen LogP contribution in [0.1, 0.15) is 31.9 Å². The van der Waals surface area contributed by atoms with E-state index in [2.05, 4.69) is 41.6 Å². The molecule has 0 aliphatic carbocycles. The quantitative estimate of drug-likeness (QED) is 0.210. The van der Waals surface area contributed by atoms with Crippen molar-refractivity contribution < 1.29 is 14.7 Å². The van der Waals surface area contributed by atoms with E-state index in [1.807, 2.05) is 30.3 Å². The molecule has 4 rings (SSSR count). The second-order valence-electron chi connectivity index (χ2n) is 9.71. The maximum Gasteiger partial charge on any atom is 0.307 e. The van der Waals surface area contributed by atoms with Crippen molar-refractivity contribution in [3.05, 3.63) is 80.8 Å².